The van der Waals surface area contributed by atoms with Gasteiger partial charge in [0, 0.05) is 18.7 Å². The molecular weight excluding hydrogens is 244 g/mol. The van der Waals surface area contributed by atoms with Gasteiger partial charge in [-0.25, -0.2) is 0 Å². The van der Waals surface area contributed by atoms with Crippen molar-refractivity contribution in [3.8, 4) is 11.8 Å². The monoisotopic (exact) mass is 260 g/mol. The summed E-state index contributed by atoms with van der Waals surface area (Å²) < 4.78 is 5.17. The predicted molar refractivity (Wildman–Crippen MR) is 70.3 cm³/mol. The van der Waals surface area contributed by atoms with Gasteiger partial charge in [-0.05, 0) is 25.5 Å². The highest BCUT2D eigenvalue weighted by molar-refractivity contribution is 5.74. The molecule has 1 aromatic rings. The molecule has 0 bridgehead atoms. The first-order chi connectivity index (χ1) is 9.08. The largest absolute Gasteiger partial charge is 0.497 e. The van der Waals surface area contributed by atoms with E-state index in [0.717, 1.165) is 5.69 Å². The number of anilines is 1. The number of carbonyl (C=O) groups is 1. The zero-order valence-corrected chi connectivity index (χ0v) is 11.0. The molecule has 2 rings (SSSR count). The van der Waals surface area contributed by atoms with Crippen molar-refractivity contribution in [1.29, 1.82) is 5.26 Å². The minimum absolute atomic E-state index is 0.128. The van der Waals surface area contributed by atoms with Gasteiger partial charge in [0.1, 0.15) is 11.8 Å². The van der Waals surface area contributed by atoms with Crippen molar-refractivity contribution in [3.63, 3.8) is 0 Å². The Kier molecular flexibility index (Phi) is 3.61. The van der Waals surface area contributed by atoms with Crippen LogP contribution in [0, 0.1) is 17.2 Å². The fraction of sp³-hybridized carbons (Fsp3) is 0.429. The van der Waals surface area contributed by atoms with Crippen LogP contribution in [-0.4, -0.2) is 30.8 Å². The molecule has 1 N–H and O–H groups in total. The van der Waals surface area contributed by atoms with E-state index < -0.39 is 11.9 Å². The van der Waals surface area contributed by atoms with Crippen molar-refractivity contribution >= 4 is 11.7 Å². The highest BCUT2D eigenvalue weighted by Gasteiger charge is 2.36. The van der Waals surface area contributed by atoms with E-state index in [1.807, 2.05) is 11.8 Å². The van der Waals surface area contributed by atoms with Gasteiger partial charge in [0.2, 0.25) is 0 Å². The molecule has 1 aliphatic heterocycles. The average molecular weight is 260 g/mol. The van der Waals surface area contributed by atoms with Gasteiger partial charge in [-0.1, -0.05) is 0 Å². The van der Waals surface area contributed by atoms with E-state index in [1.165, 1.54) is 0 Å². The summed E-state index contributed by atoms with van der Waals surface area (Å²) in [4.78, 5) is 13.1. The maximum absolute atomic E-state index is 11.2. The van der Waals surface area contributed by atoms with Crippen molar-refractivity contribution in [1.82, 2.24) is 0 Å². The number of benzene rings is 1. The van der Waals surface area contributed by atoms with Gasteiger partial charge in [0.25, 0.3) is 0 Å². The smallest absolute Gasteiger partial charge is 0.308 e. The molecule has 0 amide bonds. The lowest BCUT2D eigenvalue weighted by molar-refractivity contribution is -0.141. The maximum atomic E-state index is 11.2. The summed E-state index contributed by atoms with van der Waals surface area (Å²) in [5.74, 6) is -0.505. The van der Waals surface area contributed by atoms with Crippen LogP contribution in [0.2, 0.25) is 0 Å². The molecule has 0 saturated carbocycles. The number of hydrogen-bond donors (Lipinski definition) is 1. The summed E-state index contributed by atoms with van der Waals surface area (Å²) in [6, 6.07) is 7.24. The molecule has 1 saturated heterocycles. The van der Waals surface area contributed by atoms with E-state index in [4.69, 9.17) is 15.1 Å². The first kappa shape index (κ1) is 13.2. The molecule has 100 valence electrons. The summed E-state index contributed by atoms with van der Waals surface area (Å²) in [6.45, 7) is 2.52. The first-order valence-corrected chi connectivity index (χ1v) is 6.16. The third-order valence-corrected chi connectivity index (χ3v) is 3.71. The molecule has 2 atom stereocenters. The van der Waals surface area contributed by atoms with Crippen molar-refractivity contribution in [3.05, 3.63) is 23.8 Å². The zero-order valence-electron chi connectivity index (χ0n) is 11.0. The number of methoxy groups -OCH3 is 1. The zero-order chi connectivity index (χ0) is 14.0. The van der Waals surface area contributed by atoms with E-state index in [0.29, 0.717) is 24.3 Å². The van der Waals surface area contributed by atoms with Crippen LogP contribution in [0.1, 0.15) is 18.9 Å². The van der Waals surface area contributed by atoms with Crippen LogP contribution in [-0.2, 0) is 4.79 Å². The summed E-state index contributed by atoms with van der Waals surface area (Å²) in [5, 5.41) is 18.3. The maximum Gasteiger partial charge on any atom is 0.308 e. The molecule has 19 heavy (non-hydrogen) atoms. The normalized spacial score (nSPS) is 22.1. The van der Waals surface area contributed by atoms with Crippen LogP contribution >= 0.6 is 0 Å². The van der Waals surface area contributed by atoms with E-state index >= 15 is 0 Å². The Balaban J connectivity index is 2.37. The third kappa shape index (κ3) is 2.34. The van der Waals surface area contributed by atoms with E-state index in [2.05, 4.69) is 6.07 Å². The van der Waals surface area contributed by atoms with Crippen LogP contribution in [0.3, 0.4) is 0 Å². The number of rotatable bonds is 3. The van der Waals surface area contributed by atoms with Gasteiger partial charge in [-0.2, -0.15) is 5.26 Å². The predicted octanol–water partition coefficient (Wildman–Crippen LogP) is 1.87. The molecule has 5 heteroatoms. The molecule has 1 aromatic carbocycles. The summed E-state index contributed by atoms with van der Waals surface area (Å²) >= 11 is 0. The highest BCUT2D eigenvalue weighted by Crippen LogP contribution is 2.34. The fourth-order valence-corrected chi connectivity index (χ4v) is 2.58. The lowest BCUT2D eigenvalue weighted by atomic mass is 10.0. The fourth-order valence-electron chi connectivity index (χ4n) is 2.58. The van der Waals surface area contributed by atoms with Crippen LogP contribution in [0.4, 0.5) is 5.69 Å². The second kappa shape index (κ2) is 5.19. The Morgan fingerprint density at radius 3 is 2.84 bits per heavy atom. The van der Waals surface area contributed by atoms with Crippen LogP contribution in [0.25, 0.3) is 0 Å². The second-order valence-corrected chi connectivity index (χ2v) is 4.66. The number of nitrogens with zero attached hydrogens (tertiary/aromatic N) is 2. The van der Waals surface area contributed by atoms with Crippen molar-refractivity contribution in [2.45, 2.75) is 19.4 Å². The number of nitriles is 1. The number of carboxylic acids is 1. The molecule has 2 unspecified atom stereocenters. The Labute approximate surface area is 112 Å². The molecule has 1 heterocycles. The minimum atomic E-state index is -0.781. The second-order valence-electron chi connectivity index (χ2n) is 4.66. The third-order valence-electron chi connectivity index (χ3n) is 3.71. The number of carboxylic acid groups (broad SMARTS) is 1. The first-order valence-electron chi connectivity index (χ1n) is 6.16. The van der Waals surface area contributed by atoms with E-state index in [9.17, 15) is 4.79 Å². The lowest BCUT2D eigenvalue weighted by Gasteiger charge is -2.26. The topological polar surface area (TPSA) is 73.6 Å². The molecule has 1 fully saturated rings. The van der Waals surface area contributed by atoms with Gasteiger partial charge >= 0.3 is 5.97 Å². The number of ether oxygens (including phenoxy) is 1. The number of hydrogen-bond acceptors (Lipinski definition) is 4. The summed E-state index contributed by atoms with van der Waals surface area (Å²) in [6.07, 6.45) is 0.596. The molecule has 0 aliphatic carbocycles. The van der Waals surface area contributed by atoms with Crippen molar-refractivity contribution < 1.29 is 14.6 Å². The van der Waals surface area contributed by atoms with Gasteiger partial charge in [-0.3, -0.25) is 4.79 Å². The highest BCUT2D eigenvalue weighted by atomic mass is 16.5. The quantitative estimate of drug-likeness (QED) is 0.898. The van der Waals surface area contributed by atoms with Crippen LogP contribution < -0.4 is 9.64 Å². The van der Waals surface area contributed by atoms with Crippen LogP contribution in [0.5, 0.6) is 5.75 Å². The summed E-state index contributed by atoms with van der Waals surface area (Å²) in [5.41, 5.74) is 1.29. The lowest BCUT2D eigenvalue weighted by Crippen LogP contribution is -2.33. The van der Waals surface area contributed by atoms with Crippen molar-refractivity contribution in [2.75, 3.05) is 18.6 Å². The molecule has 5 nitrogen and oxygen atoms in total. The van der Waals surface area contributed by atoms with E-state index in [-0.39, 0.29) is 6.04 Å². The van der Waals surface area contributed by atoms with Gasteiger partial charge in [0.15, 0.2) is 0 Å². The molecule has 0 aromatic heterocycles. The Bertz CT molecular complexity index is 536. The van der Waals surface area contributed by atoms with Gasteiger partial charge < -0.3 is 14.7 Å². The van der Waals surface area contributed by atoms with Crippen molar-refractivity contribution in [2.24, 2.45) is 5.92 Å². The molecule has 0 radical (unpaired) electrons. The SMILES string of the molecule is COc1ccc(C#N)c(N2CCC(C(=O)O)C2C)c1. The molecular formula is C14H16N2O3. The van der Waals surface area contributed by atoms with Gasteiger partial charge in [-0.15, -0.1) is 0 Å². The van der Waals surface area contributed by atoms with Gasteiger partial charge in [0.05, 0.1) is 24.3 Å². The number of aliphatic carboxylic acids is 1. The van der Waals surface area contributed by atoms with Crippen LogP contribution in [0.15, 0.2) is 18.2 Å². The molecule has 1 aliphatic rings. The van der Waals surface area contributed by atoms with E-state index in [1.54, 1.807) is 25.3 Å². The Morgan fingerprint density at radius 2 is 2.32 bits per heavy atom. The standard InChI is InChI=1S/C14H16N2O3/c1-9-12(14(17)18)5-6-16(9)13-7-11(19-2)4-3-10(13)8-15/h3-4,7,9,12H,5-6H2,1-2H3,(H,17,18). The molecule has 0 spiro atoms. The Morgan fingerprint density at radius 1 is 1.58 bits per heavy atom. The Hall–Kier alpha value is -2.22. The summed E-state index contributed by atoms with van der Waals surface area (Å²) in [7, 11) is 1.57. The average Bonchev–Trinajstić information content (AvgIpc) is 2.79. The minimum Gasteiger partial charge on any atom is -0.497 e.